The highest BCUT2D eigenvalue weighted by Gasteiger charge is 2.17. The molecule has 0 saturated heterocycles. The number of carboxylic acids is 1. The molecule has 1 aromatic rings. The summed E-state index contributed by atoms with van der Waals surface area (Å²) in [6, 6.07) is 7.36. The number of carboxylic acid groups (broad SMARTS) is 1. The number of fused-ring (bicyclic) bond motifs is 1. The van der Waals surface area contributed by atoms with E-state index in [9.17, 15) is 4.79 Å². The van der Waals surface area contributed by atoms with Gasteiger partial charge in [-0.2, -0.15) is 0 Å². The van der Waals surface area contributed by atoms with Crippen LogP contribution in [0.3, 0.4) is 0 Å². The van der Waals surface area contributed by atoms with Crippen LogP contribution in [-0.2, 0) is 4.79 Å². The topological polar surface area (TPSA) is 58.6 Å². The summed E-state index contributed by atoms with van der Waals surface area (Å²) in [5.41, 5.74) is 2.12. The van der Waals surface area contributed by atoms with E-state index in [0.717, 1.165) is 23.3 Å². The van der Waals surface area contributed by atoms with Crippen molar-refractivity contribution < 1.29 is 14.6 Å². The second-order valence-corrected chi connectivity index (χ2v) is 4.69. The van der Waals surface area contributed by atoms with Gasteiger partial charge in [0.15, 0.2) is 0 Å². The minimum absolute atomic E-state index is 0.483. The Balaban J connectivity index is 1.97. The maximum atomic E-state index is 11.0. The monoisotopic (exact) mass is 261 g/mol. The maximum Gasteiger partial charge on any atom is 0.320 e. The number of rotatable bonds is 6. The van der Waals surface area contributed by atoms with E-state index in [1.54, 1.807) is 0 Å². The lowest BCUT2D eigenvalue weighted by molar-refractivity contribution is -0.139. The highest BCUT2D eigenvalue weighted by molar-refractivity contribution is 5.73. The number of benzene rings is 1. The molecule has 0 aliphatic carbocycles. The Morgan fingerprint density at radius 2 is 2.26 bits per heavy atom. The van der Waals surface area contributed by atoms with Crippen molar-refractivity contribution in [3.63, 3.8) is 0 Å². The second kappa shape index (κ2) is 6.38. The first-order chi connectivity index (χ1) is 9.20. The van der Waals surface area contributed by atoms with Crippen LogP contribution < -0.4 is 10.1 Å². The average Bonchev–Trinajstić information content (AvgIpc) is 2.43. The second-order valence-electron chi connectivity index (χ2n) is 4.69. The fourth-order valence-corrected chi connectivity index (χ4v) is 2.12. The number of carbonyl (C=O) groups is 1. The molecule has 2 N–H and O–H groups in total. The zero-order valence-electron chi connectivity index (χ0n) is 11.1. The van der Waals surface area contributed by atoms with E-state index < -0.39 is 12.0 Å². The van der Waals surface area contributed by atoms with Gasteiger partial charge in [-0.05, 0) is 24.1 Å². The van der Waals surface area contributed by atoms with Crippen LogP contribution in [-0.4, -0.2) is 30.3 Å². The molecule has 0 amide bonds. The normalized spacial score (nSPS) is 15.1. The lowest BCUT2D eigenvalue weighted by Crippen LogP contribution is -2.38. The minimum atomic E-state index is -0.792. The summed E-state index contributed by atoms with van der Waals surface area (Å²) in [6.07, 6.45) is 3.55. The number of aliphatic carboxylic acids is 1. The standard InChI is InChI=1S/C15H19NO3/c1-2-5-13(15(17)18)16-9-11-8-12-6-3-4-7-14(12)19-10-11/h3-4,6-8,13,16H,2,5,9-10H2,1H3,(H,17,18). The van der Waals surface area contributed by atoms with Crippen molar-refractivity contribution in [1.82, 2.24) is 5.32 Å². The van der Waals surface area contributed by atoms with Gasteiger partial charge in [-0.15, -0.1) is 0 Å². The molecule has 0 radical (unpaired) electrons. The largest absolute Gasteiger partial charge is 0.489 e. The minimum Gasteiger partial charge on any atom is -0.489 e. The molecule has 1 heterocycles. The predicted octanol–water partition coefficient (Wildman–Crippen LogP) is 2.31. The molecule has 0 aromatic heterocycles. The van der Waals surface area contributed by atoms with Gasteiger partial charge in [-0.1, -0.05) is 31.5 Å². The zero-order chi connectivity index (χ0) is 13.7. The third-order valence-corrected chi connectivity index (χ3v) is 3.14. The van der Waals surface area contributed by atoms with Crippen molar-refractivity contribution in [2.75, 3.05) is 13.2 Å². The van der Waals surface area contributed by atoms with Gasteiger partial charge < -0.3 is 15.2 Å². The van der Waals surface area contributed by atoms with E-state index in [2.05, 4.69) is 11.4 Å². The van der Waals surface area contributed by atoms with E-state index in [-0.39, 0.29) is 0 Å². The Hall–Kier alpha value is -1.81. The quantitative estimate of drug-likeness (QED) is 0.825. The highest BCUT2D eigenvalue weighted by Crippen LogP contribution is 2.25. The number of nitrogens with one attached hydrogen (secondary N) is 1. The van der Waals surface area contributed by atoms with Crippen LogP contribution in [0.15, 0.2) is 29.8 Å². The van der Waals surface area contributed by atoms with Gasteiger partial charge in [0, 0.05) is 12.1 Å². The van der Waals surface area contributed by atoms with Crippen LogP contribution in [0.4, 0.5) is 0 Å². The molecule has 0 saturated carbocycles. The molecule has 1 aliphatic heterocycles. The molecule has 4 heteroatoms. The van der Waals surface area contributed by atoms with Gasteiger partial charge in [-0.25, -0.2) is 0 Å². The SMILES string of the molecule is CCCC(NCC1=Cc2ccccc2OC1)C(=O)O. The van der Waals surface area contributed by atoms with Gasteiger partial charge in [0.05, 0.1) is 0 Å². The lowest BCUT2D eigenvalue weighted by atomic mass is 10.1. The fraction of sp³-hybridized carbons (Fsp3) is 0.400. The summed E-state index contributed by atoms with van der Waals surface area (Å²) in [7, 11) is 0. The summed E-state index contributed by atoms with van der Waals surface area (Å²) in [6.45, 7) is 3.05. The number of para-hydroxylation sites is 1. The molecule has 1 aromatic carbocycles. The first-order valence-electron chi connectivity index (χ1n) is 6.58. The van der Waals surface area contributed by atoms with Crippen molar-refractivity contribution >= 4 is 12.0 Å². The fourth-order valence-electron chi connectivity index (χ4n) is 2.12. The molecule has 1 aliphatic rings. The number of ether oxygens (including phenoxy) is 1. The van der Waals surface area contributed by atoms with Crippen LogP contribution in [0, 0.1) is 0 Å². The summed E-state index contributed by atoms with van der Waals surface area (Å²) in [5.74, 6) is 0.0918. The Bertz CT molecular complexity index is 482. The summed E-state index contributed by atoms with van der Waals surface area (Å²) < 4.78 is 5.63. The molecule has 0 spiro atoms. The summed E-state index contributed by atoms with van der Waals surface area (Å²) >= 11 is 0. The van der Waals surface area contributed by atoms with Crippen LogP contribution in [0.25, 0.3) is 6.08 Å². The molecule has 4 nitrogen and oxygen atoms in total. The molecule has 0 fully saturated rings. The van der Waals surface area contributed by atoms with E-state index >= 15 is 0 Å². The van der Waals surface area contributed by atoms with E-state index in [1.165, 1.54) is 0 Å². The Morgan fingerprint density at radius 3 is 3.00 bits per heavy atom. The summed E-state index contributed by atoms with van der Waals surface area (Å²) in [5, 5.41) is 12.2. The van der Waals surface area contributed by atoms with Gasteiger partial charge in [0.1, 0.15) is 18.4 Å². The summed E-state index contributed by atoms with van der Waals surface area (Å²) in [4.78, 5) is 11.0. The van der Waals surface area contributed by atoms with E-state index in [1.807, 2.05) is 31.2 Å². The average molecular weight is 261 g/mol. The molecule has 0 bridgehead atoms. The smallest absolute Gasteiger partial charge is 0.320 e. The van der Waals surface area contributed by atoms with Crippen molar-refractivity contribution in [2.45, 2.75) is 25.8 Å². The molecule has 1 atom stereocenters. The first-order valence-corrected chi connectivity index (χ1v) is 6.58. The van der Waals surface area contributed by atoms with Crippen molar-refractivity contribution in [2.24, 2.45) is 0 Å². The Kier molecular flexibility index (Phi) is 4.58. The van der Waals surface area contributed by atoms with Crippen LogP contribution >= 0.6 is 0 Å². The van der Waals surface area contributed by atoms with E-state index in [0.29, 0.717) is 19.6 Å². The van der Waals surface area contributed by atoms with Crippen LogP contribution in [0.1, 0.15) is 25.3 Å². The van der Waals surface area contributed by atoms with Crippen molar-refractivity contribution in [3.05, 3.63) is 35.4 Å². The molecular weight excluding hydrogens is 242 g/mol. The zero-order valence-corrected chi connectivity index (χ0v) is 11.1. The predicted molar refractivity (Wildman–Crippen MR) is 74.2 cm³/mol. The molecule has 2 rings (SSSR count). The maximum absolute atomic E-state index is 11.0. The third-order valence-electron chi connectivity index (χ3n) is 3.14. The molecule has 19 heavy (non-hydrogen) atoms. The van der Waals surface area contributed by atoms with Gasteiger partial charge in [0.2, 0.25) is 0 Å². The van der Waals surface area contributed by atoms with Gasteiger partial charge in [0.25, 0.3) is 0 Å². The Labute approximate surface area is 113 Å². The van der Waals surface area contributed by atoms with Crippen LogP contribution in [0.5, 0.6) is 5.75 Å². The number of hydrogen-bond donors (Lipinski definition) is 2. The first kappa shape index (κ1) is 13.6. The molecule has 102 valence electrons. The van der Waals surface area contributed by atoms with Crippen molar-refractivity contribution in [1.29, 1.82) is 0 Å². The highest BCUT2D eigenvalue weighted by atomic mass is 16.5. The molecular formula is C15H19NO3. The lowest BCUT2D eigenvalue weighted by Gasteiger charge is -2.20. The molecule has 1 unspecified atom stereocenters. The number of hydrogen-bond acceptors (Lipinski definition) is 3. The van der Waals surface area contributed by atoms with E-state index in [4.69, 9.17) is 9.84 Å². The Morgan fingerprint density at radius 1 is 1.47 bits per heavy atom. The van der Waals surface area contributed by atoms with Gasteiger partial charge in [-0.3, -0.25) is 4.79 Å². The van der Waals surface area contributed by atoms with Gasteiger partial charge >= 0.3 is 5.97 Å². The van der Waals surface area contributed by atoms with Crippen molar-refractivity contribution in [3.8, 4) is 5.75 Å². The third kappa shape index (κ3) is 3.58. The van der Waals surface area contributed by atoms with Crippen LogP contribution in [0.2, 0.25) is 0 Å².